The van der Waals surface area contributed by atoms with Crippen LogP contribution in [-0.2, 0) is 4.79 Å². The molecule has 4 rings (SSSR count). The number of Topliss-reactive ketones (excluding diaryl/α,β-unsaturated/α-hetero) is 1. The van der Waals surface area contributed by atoms with Crippen LogP contribution >= 0.6 is 11.3 Å². The van der Waals surface area contributed by atoms with Crippen molar-refractivity contribution in [3.8, 4) is 0 Å². The molecule has 0 saturated heterocycles. The topological polar surface area (TPSA) is 86.3 Å². The maximum atomic E-state index is 13.6. The van der Waals surface area contributed by atoms with Crippen LogP contribution < -0.4 is 0 Å². The molecule has 1 atom stereocenters. The van der Waals surface area contributed by atoms with E-state index < -0.39 is 17.7 Å². The first-order chi connectivity index (χ1) is 14.3. The van der Waals surface area contributed by atoms with Crippen molar-refractivity contribution >= 4 is 33.9 Å². The van der Waals surface area contributed by atoms with Crippen molar-refractivity contribution in [2.24, 2.45) is 0 Å². The number of aryl methyl sites for hydroxylation is 3. The van der Waals surface area contributed by atoms with E-state index in [1.165, 1.54) is 11.3 Å². The molecule has 0 bridgehead atoms. The summed E-state index contributed by atoms with van der Waals surface area (Å²) in [5.74, 6) is -1.26. The van der Waals surface area contributed by atoms with Gasteiger partial charge in [0.15, 0.2) is 5.76 Å². The lowest BCUT2D eigenvalue weighted by molar-refractivity contribution is -0.129. The van der Waals surface area contributed by atoms with Gasteiger partial charge in [0, 0.05) is 28.7 Å². The molecule has 1 unspecified atom stereocenters. The fraction of sp³-hybridized carbons (Fsp3) is 0.348. The average Bonchev–Trinajstić information content (AvgIpc) is 3.30. The van der Waals surface area contributed by atoms with Gasteiger partial charge in [-0.3, -0.25) is 9.59 Å². The third kappa shape index (κ3) is 3.13. The Kier molecular flexibility index (Phi) is 5.24. The van der Waals surface area contributed by atoms with Gasteiger partial charge >= 0.3 is 0 Å². The van der Waals surface area contributed by atoms with Crippen LogP contribution in [0.2, 0.25) is 0 Å². The molecule has 3 aromatic rings. The Balaban J connectivity index is 1.92. The van der Waals surface area contributed by atoms with Gasteiger partial charge in [0.05, 0.1) is 27.2 Å². The number of para-hydroxylation sites is 1. The van der Waals surface area contributed by atoms with Gasteiger partial charge in [-0.15, -0.1) is 11.3 Å². The predicted molar refractivity (Wildman–Crippen MR) is 118 cm³/mol. The van der Waals surface area contributed by atoms with Crippen LogP contribution in [0.5, 0.6) is 0 Å². The van der Waals surface area contributed by atoms with E-state index >= 15 is 0 Å². The number of thiazole rings is 1. The molecule has 1 aromatic carbocycles. The number of carbonyl (C=O) groups excluding carboxylic acids is 2. The summed E-state index contributed by atoms with van der Waals surface area (Å²) in [7, 11) is 0. The van der Waals surface area contributed by atoms with Crippen molar-refractivity contribution in [2.45, 2.75) is 46.6 Å². The molecule has 156 valence electrons. The maximum absolute atomic E-state index is 13.6. The highest BCUT2D eigenvalue weighted by atomic mass is 32.1. The minimum absolute atomic E-state index is 0.149. The minimum Gasteiger partial charge on any atom is -0.503 e. The number of amides is 1. The molecule has 6 nitrogen and oxygen atoms in total. The molecule has 0 fully saturated rings. The molecule has 3 heterocycles. The molecule has 0 aliphatic carbocycles. The first-order valence-electron chi connectivity index (χ1n) is 10.1. The summed E-state index contributed by atoms with van der Waals surface area (Å²) in [6.07, 6.45) is 1.69. The van der Waals surface area contributed by atoms with Crippen molar-refractivity contribution in [1.29, 1.82) is 0 Å². The Hall–Kier alpha value is -2.93. The SMILES string of the molecule is CCCCN1C(=O)C(O)=C(C(=O)c2sc(C)nc2C)C1c1c(C)[nH]c2ccccc12. The minimum atomic E-state index is -0.630. The summed E-state index contributed by atoms with van der Waals surface area (Å²) in [5.41, 5.74) is 3.46. The second kappa shape index (κ2) is 7.72. The number of hydrogen-bond donors (Lipinski definition) is 2. The van der Waals surface area contributed by atoms with E-state index in [0.29, 0.717) is 17.1 Å². The van der Waals surface area contributed by atoms with Crippen molar-refractivity contribution in [1.82, 2.24) is 14.9 Å². The quantitative estimate of drug-likeness (QED) is 0.551. The zero-order valence-electron chi connectivity index (χ0n) is 17.6. The molecule has 2 aromatic heterocycles. The summed E-state index contributed by atoms with van der Waals surface area (Å²) < 4.78 is 0. The van der Waals surface area contributed by atoms with Gasteiger partial charge in [-0.05, 0) is 33.3 Å². The molecule has 1 amide bonds. The fourth-order valence-corrected chi connectivity index (χ4v) is 5.13. The fourth-order valence-electron chi connectivity index (χ4n) is 4.26. The number of nitrogens with zero attached hydrogens (tertiary/aromatic N) is 2. The van der Waals surface area contributed by atoms with E-state index in [1.54, 1.807) is 11.8 Å². The van der Waals surface area contributed by atoms with Crippen molar-refractivity contribution in [3.05, 3.63) is 62.4 Å². The number of aliphatic hydroxyl groups excluding tert-OH is 1. The molecular formula is C23H25N3O3S. The van der Waals surface area contributed by atoms with Crippen LogP contribution in [0.25, 0.3) is 10.9 Å². The number of H-pyrrole nitrogens is 1. The number of aromatic amines is 1. The standard InChI is InChI=1S/C23H25N3O3S/c1-5-6-11-26-19(17-12(2)25-16-10-8-7-9-15(16)17)18(21(28)23(26)29)20(27)22-13(3)24-14(4)30-22/h7-10,19,25,28H,5-6,11H2,1-4H3. The van der Waals surface area contributed by atoms with Crippen LogP contribution in [0.4, 0.5) is 0 Å². The largest absolute Gasteiger partial charge is 0.503 e. The van der Waals surface area contributed by atoms with E-state index in [-0.39, 0.29) is 11.4 Å². The average molecular weight is 424 g/mol. The number of aromatic nitrogens is 2. The Morgan fingerprint density at radius 2 is 2.00 bits per heavy atom. The predicted octanol–water partition coefficient (Wildman–Crippen LogP) is 4.93. The van der Waals surface area contributed by atoms with Gasteiger partial charge in [-0.25, -0.2) is 4.98 Å². The molecule has 1 aliphatic rings. The second-order valence-corrected chi connectivity index (χ2v) is 8.91. The highest BCUT2D eigenvalue weighted by Crippen LogP contribution is 2.43. The molecule has 0 spiro atoms. The van der Waals surface area contributed by atoms with Gasteiger partial charge < -0.3 is 15.0 Å². The van der Waals surface area contributed by atoms with Crippen LogP contribution in [-0.4, -0.2) is 38.2 Å². The highest BCUT2D eigenvalue weighted by Gasteiger charge is 2.45. The number of carbonyl (C=O) groups is 2. The third-order valence-electron chi connectivity index (χ3n) is 5.63. The summed E-state index contributed by atoms with van der Waals surface area (Å²) in [6, 6.07) is 7.21. The second-order valence-electron chi connectivity index (χ2n) is 7.70. The summed E-state index contributed by atoms with van der Waals surface area (Å²) in [5, 5.41) is 12.6. The highest BCUT2D eigenvalue weighted by molar-refractivity contribution is 7.14. The Labute approximate surface area is 179 Å². The van der Waals surface area contributed by atoms with Crippen molar-refractivity contribution in [3.63, 3.8) is 0 Å². The van der Waals surface area contributed by atoms with E-state index in [2.05, 4.69) is 16.9 Å². The molecule has 2 N–H and O–H groups in total. The monoisotopic (exact) mass is 423 g/mol. The lowest BCUT2D eigenvalue weighted by Gasteiger charge is -2.27. The third-order valence-corrected chi connectivity index (χ3v) is 6.70. The van der Waals surface area contributed by atoms with Crippen LogP contribution in [0.1, 0.15) is 57.4 Å². The summed E-state index contributed by atoms with van der Waals surface area (Å²) in [6.45, 7) is 8.09. The van der Waals surface area contributed by atoms with Gasteiger partial charge in [0.25, 0.3) is 5.91 Å². The first kappa shape index (κ1) is 20.3. The Morgan fingerprint density at radius 1 is 1.27 bits per heavy atom. The van der Waals surface area contributed by atoms with E-state index in [9.17, 15) is 14.7 Å². The lowest BCUT2D eigenvalue weighted by atomic mass is 9.93. The Morgan fingerprint density at radius 3 is 2.67 bits per heavy atom. The maximum Gasteiger partial charge on any atom is 0.290 e. The summed E-state index contributed by atoms with van der Waals surface area (Å²) >= 11 is 1.30. The van der Waals surface area contributed by atoms with Crippen LogP contribution in [0.3, 0.4) is 0 Å². The summed E-state index contributed by atoms with van der Waals surface area (Å²) in [4.78, 5) is 36.4. The molecule has 30 heavy (non-hydrogen) atoms. The zero-order valence-corrected chi connectivity index (χ0v) is 18.4. The first-order valence-corrected chi connectivity index (χ1v) is 11.0. The van der Waals surface area contributed by atoms with E-state index in [1.807, 2.05) is 38.1 Å². The number of rotatable bonds is 6. The molecule has 7 heteroatoms. The van der Waals surface area contributed by atoms with Crippen LogP contribution in [0, 0.1) is 20.8 Å². The number of hydrogen-bond acceptors (Lipinski definition) is 5. The molecular weight excluding hydrogens is 398 g/mol. The van der Waals surface area contributed by atoms with Gasteiger partial charge in [0.1, 0.15) is 0 Å². The number of aliphatic hydroxyl groups is 1. The molecule has 0 saturated carbocycles. The van der Waals surface area contributed by atoms with Gasteiger partial charge in [-0.1, -0.05) is 31.5 Å². The van der Waals surface area contributed by atoms with Crippen LogP contribution in [0.15, 0.2) is 35.6 Å². The Bertz CT molecular complexity index is 1190. The molecule has 0 radical (unpaired) electrons. The number of unbranched alkanes of at least 4 members (excludes halogenated alkanes) is 1. The van der Waals surface area contributed by atoms with E-state index in [0.717, 1.165) is 40.0 Å². The zero-order chi connectivity index (χ0) is 21.6. The molecule has 1 aliphatic heterocycles. The van der Waals surface area contributed by atoms with E-state index in [4.69, 9.17) is 0 Å². The van der Waals surface area contributed by atoms with Crippen molar-refractivity contribution < 1.29 is 14.7 Å². The number of nitrogens with one attached hydrogen (secondary N) is 1. The van der Waals surface area contributed by atoms with Gasteiger partial charge in [0.2, 0.25) is 5.78 Å². The number of benzene rings is 1. The smallest absolute Gasteiger partial charge is 0.290 e. The number of fused-ring (bicyclic) bond motifs is 1. The van der Waals surface area contributed by atoms with Crippen molar-refractivity contribution in [2.75, 3.05) is 6.54 Å². The normalized spacial score (nSPS) is 16.9. The van der Waals surface area contributed by atoms with Gasteiger partial charge in [-0.2, -0.15) is 0 Å². The lowest BCUT2D eigenvalue weighted by Crippen LogP contribution is -2.32. The number of ketones is 1.